The van der Waals surface area contributed by atoms with E-state index in [1.54, 1.807) is 0 Å². The molecule has 0 aromatic heterocycles. The number of hydrogen-bond donors (Lipinski definition) is 2. The zero-order valence-corrected chi connectivity index (χ0v) is 9.04. The second-order valence-electron chi connectivity index (χ2n) is 2.28. The van der Waals surface area contributed by atoms with Gasteiger partial charge in [0, 0.05) is 6.42 Å². The Morgan fingerprint density at radius 3 is 3.17 bits per heavy atom. The van der Waals surface area contributed by atoms with E-state index in [0.717, 1.165) is 6.42 Å². The van der Waals surface area contributed by atoms with Crippen molar-refractivity contribution in [1.29, 1.82) is 0 Å². The molecule has 2 N–H and O–H groups in total. The SMILES string of the molecule is CCCC(=O)NC1=NNC(Br)S1. The molecule has 0 saturated carbocycles. The van der Waals surface area contributed by atoms with Crippen molar-refractivity contribution in [2.45, 2.75) is 24.0 Å². The molecule has 0 radical (unpaired) electrons. The second-order valence-corrected chi connectivity index (χ2v) is 4.89. The van der Waals surface area contributed by atoms with Crippen molar-refractivity contribution < 1.29 is 4.79 Å². The van der Waals surface area contributed by atoms with Crippen molar-refractivity contribution in [3.8, 4) is 0 Å². The van der Waals surface area contributed by atoms with E-state index in [9.17, 15) is 4.79 Å². The van der Waals surface area contributed by atoms with Crippen molar-refractivity contribution in [2.75, 3.05) is 0 Å². The van der Waals surface area contributed by atoms with Crippen LogP contribution in [0.3, 0.4) is 0 Å². The lowest BCUT2D eigenvalue weighted by Gasteiger charge is -2.00. The predicted molar refractivity (Wildman–Crippen MR) is 53.9 cm³/mol. The average Bonchev–Trinajstić information content (AvgIpc) is 2.36. The minimum atomic E-state index is 0.0205. The number of amides is 1. The maximum absolute atomic E-state index is 11.1. The van der Waals surface area contributed by atoms with Crippen molar-refractivity contribution >= 4 is 38.8 Å². The van der Waals surface area contributed by atoms with Crippen LogP contribution in [0.4, 0.5) is 0 Å². The smallest absolute Gasteiger partial charge is 0.225 e. The van der Waals surface area contributed by atoms with E-state index in [2.05, 4.69) is 31.8 Å². The highest BCUT2D eigenvalue weighted by atomic mass is 79.9. The molecule has 0 spiro atoms. The second kappa shape index (κ2) is 4.71. The van der Waals surface area contributed by atoms with Crippen LogP contribution in [-0.4, -0.2) is 15.4 Å². The van der Waals surface area contributed by atoms with Crippen LogP contribution < -0.4 is 10.7 Å². The summed E-state index contributed by atoms with van der Waals surface area (Å²) in [5.41, 5.74) is 2.77. The lowest BCUT2D eigenvalue weighted by Crippen LogP contribution is -2.26. The van der Waals surface area contributed by atoms with Gasteiger partial charge in [-0.3, -0.25) is 10.2 Å². The molecule has 1 aliphatic heterocycles. The van der Waals surface area contributed by atoms with Crippen molar-refractivity contribution in [3.63, 3.8) is 0 Å². The molecular weight excluding hydrogens is 242 g/mol. The number of carbonyl (C=O) groups is 1. The highest BCUT2D eigenvalue weighted by Gasteiger charge is 2.17. The van der Waals surface area contributed by atoms with Gasteiger partial charge >= 0.3 is 0 Å². The maximum Gasteiger partial charge on any atom is 0.225 e. The Hall–Kier alpha value is -0.230. The Kier molecular flexibility index (Phi) is 3.87. The summed E-state index contributed by atoms with van der Waals surface area (Å²) in [6, 6.07) is 0. The van der Waals surface area contributed by atoms with Crippen LogP contribution in [0.25, 0.3) is 0 Å². The van der Waals surface area contributed by atoms with Gasteiger partial charge in [0.15, 0.2) is 9.45 Å². The number of hydrazone groups is 1. The first-order valence-electron chi connectivity index (χ1n) is 3.66. The van der Waals surface area contributed by atoms with Gasteiger partial charge in [-0.1, -0.05) is 22.9 Å². The summed E-state index contributed by atoms with van der Waals surface area (Å²) in [6.45, 7) is 1.97. The van der Waals surface area contributed by atoms with E-state index in [4.69, 9.17) is 0 Å². The number of alkyl halides is 1. The van der Waals surface area contributed by atoms with Crippen molar-refractivity contribution in [2.24, 2.45) is 5.10 Å². The van der Waals surface area contributed by atoms with Gasteiger partial charge in [0.25, 0.3) is 0 Å². The van der Waals surface area contributed by atoms with E-state index >= 15 is 0 Å². The van der Waals surface area contributed by atoms with E-state index in [-0.39, 0.29) is 10.2 Å². The van der Waals surface area contributed by atoms with Crippen LogP contribution in [0.5, 0.6) is 0 Å². The van der Waals surface area contributed by atoms with E-state index in [1.807, 2.05) is 6.92 Å². The molecule has 68 valence electrons. The molecule has 0 aromatic carbocycles. The molecule has 1 heterocycles. The summed E-state index contributed by atoms with van der Waals surface area (Å²) in [6.07, 6.45) is 1.40. The third kappa shape index (κ3) is 3.02. The zero-order chi connectivity index (χ0) is 8.97. The zero-order valence-electron chi connectivity index (χ0n) is 6.63. The van der Waals surface area contributed by atoms with E-state index < -0.39 is 0 Å². The first-order chi connectivity index (χ1) is 5.72. The number of amidine groups is 1. The minimum Gasteiger partial charge on any atom is -0.304 e. The molecule has 6 heteroatoms. The molecular formula is C6H10BrN3OS. The van der Waals surface area contributed by atoms with Crippen LogP contribution in [0.15, 0.2) is 5.10 Å². The van der Waals surface area contributed by atoms with Crippen LogP contribution in [-0.2, 0) is 4.79 Å². The first kappa shape index (κ1) is 9.85. The minimum absolute atomic E-state index is 0.0205. The summed E-state index contributed by atoms with van der Waals surface area (Å²) in [7, 11) is 0. The largest absolute Gasteiger partial charge is 0.304 e. The molecule has 1 unspecified atom stereocenters. The van der Waals surface area contributed by atoms with E-state index in [1.165, 1.54) is 11.8 Å². The summed E-state index contributed by atoms with van der Waals surface area (Å²) in [5.74, 6) is 0.0205. The normalized spacial score (nSPS) is 21.5. The average molecular weight is 252 g/mol. The first-order valence-corrected chi connectivity index (χ1v) is 5.45. The fourth-order valence-electron chi connectivity index (χ4n) is 0.726. The molecule has 12 heavy (non-hydrogen) atoms. The third-order valence-electron chi connectivity index (χ3n) is 1.21. The number of nitrogens with one attached hydrogen (secondary N) is 2. The van der Waals surface area contributed by atoms with Crippen LogP contribution in [0, 0.1) is 0 Å². The monoisotopic (exact) mass is 251 g/mol. The number of carbonyl (C=O) groups excluding carboxylic acids is 1. The number of nitrogens with zero attached hydrogens (tertiary/aromatic N) is 1. The molecule has 0 bridgehead atoms. The van der Waals surface area contributed by atoms with Gasteiger partial charge in [-0.25, -0.2) is 0 Å². The molecule has 4 nitrogen and oxygen atoms in total. The summed E-state index contributed by atoms with van der Waals surface area (Å²) in [5, 5.41) is 7.22. The Morgan fingerprint density at radius 1 is 1.92 bits per heavy atom. The Balaban J connectivity index is 2.27. The highest BCUT2D eigenvalue weighted by molar-refractivity contribution is 9.11. The summed E-state index contributed by atoms with van der Waals surface area (Å²) >= 11 is 4.74. The standard InChI is InChI=1S/C6H10BrN3OS/c1-2-3-4(11)8-6-10-9-5(7)12-6/h5,9H,2-3H2,1H3,(H,8,10,11). The fraction of sp³-hybridized carbons (Fsp3) is 0.667. The summed E-state index contributed by atoms with van der Waals surface area (Å²) < 4.78 is 0.0782. The molecule has 1 aliphatic rings. The van der Waals surface area contributed by atoms with Crippen molar-refractivity contribution in [1.82, 2.24) is 10.7 Å². The molecule has 0 saturated heterocycles. The quantitative estimate of drug-likeness (QED) is 0.573. The van der Waals surface area contributed by atoms with Crippen molar-refractivity contribution in [3.05, 3.63) is 0 Å². The topological polar surface area (TPSA) is 53.5 Å². The Bertz CT molecular complexity index is 209. The van der Waals surface area contributed by atoms with Crippen LogP contribution in [0.1, 0.15) is 19.8 Å². The highest BCUT2D eigenvalue weighted by Crippen LogP contribution is 2.20. The molecule has 0 fully saturated rings. The van der Waals surface area contributed by atoms with Gasteiger partial charge in [0.2, 0.25) is 5.91 Å². The molecule has 1 amide bonds. The van der Waals surface area contributed by atoms with Gasteiger partial charge in [0.1, 0.15) is 0 Å². The molecule has 0 aromatic rings. The van der Waals surface area contributed by atoms with Crippen LogP contribution in [0.2, 0.25) is 0 Å². The van der Waals surface area contributed by atoms with E-state index in [0.29, 0.717) is 11.6 Å². The Labute approximate surface area is 83.7 Å². The fourth-order valence-corrected chi connectivity index (χ4v) is 1.94. The Morgan fingerprint density at radius 2 is 2.67 bits per heavy atom. The lowest BCUT2D eigenvalue weighted by atomic mass is 10.3. The van der Waals surface area contributed by atoms with Gasteiger partial charge in [-0.15, -0.1) is 0 Å². The van der Waals surface area contributed by atoms with Gasteiger partial charge < -0.3 is 5.32 Å². The maximum atomic E-state index is 11.1. The number of halogens is 1. The third-order valence-corrected chi connectivity index (χ3v) is 2.70. The van der Waals surface area contributed by atoms with Crippen LogP contribution >= 0.6 is 27.7 Å². The number of hydrogen-bond acceptors (Lipinski definition) is 4. The number of thioether (sulfide) groups is 1. The van der Waals surface area contributed by atoms with Gasteiger partial charge in [0.05, 0.1) is 0 Å². The number of rotatable bonds is 2. The summed E-state index contributed by atoms with van der Waals surface area (Å²) in [4.78, 5) is 11.1. The molecule has 1 rings (SSSR count). The van der Waals surface area contributed by atoms with Gasteiger partial charge in [-0.05, 0) is 18.2 Å². The lowest BCUT2D eigenvalue weighted by molar-refractivity contribution is -0.119. The molecule has 1 atom stereocenters. The van der Waals surface area contributed by atoms with Gasteiger partial charge in [-0.2, -0.15) is 5.10 Å². The predicted octanol–water partition coefficient (Wildman–Crippen LogP) is 1.19. The molecule has 0 aliphatic carbocycles.